The van der Waals surface area contributed by atoms with Gasteiger partial charge >= 0.3 is 11.9 Å². The van der Waals surface area contributed by atoms with Crippen LogP contribution >= 0.6 is 0 Å². The molecule has 14 heteroatoms. The van der Waals surface area contributed by atoms with Gasteiger partial charge in [-0.15, -0.1) is 0 Å². The Hall–Kier alpha value is -4.87. The molecule has 0 radical (unpaired) electrons. The van der Waals surface area contributed by atoms with Crippen LogP contribution in [0.2, 0.25) is 0 Å². The van der Waals surface area contributed by atoms with Gasteiger partial charge in [0.2, 0.25) is 0 Å². The van der Waals surface area contributed by atoms with Gasteiger partial charge in [-0.3, -0.25) is 9.69 Å². The largest absolute Gasteiger partial charge is 0.392 e. The zero-order valence-corrected chi connectivity index (χ0v) is 32.8. The average Bonchev–Trinajstić information content (AvgIpc) is 3.55. The molecule has 2 fully saturated rings. The molecule has 7 rings (SSSR count). The lowest BCUT2D eigenvalue weighted by atomic mass is 9.83. The summed E-state index contributed by atoms with van der Waals surface area (Å²) >= 11 is 0. The average molecular weight is 811 g/mol. The van der Waals surface area contributed by atoms with Crippen molar-refractivity contribution in [3.63, 3.8) is 0 Å². The first-order valence-electron chi connectivity index (χ1n) is 20.0. The third-order valence-corrected chi connectivity index (χ3v) is 10.3. The van der Waals surface area contributed by atoms with Crippen LogP contribution in [0, 0.1) is 0 Å². The molecule has 3 aliphatic heterocycles. The molecule has 0 aromatic heterocycles. The van der Waals surface area contributed by atoms with Crippen LogP contribution < -0.4 is 5.32 Å². The summed E-state index contributed by atoms with van der Waals surface area (Å²) in [6, 6.07) is 29.4. The lowest BCUT2D eigenvalue weighted by molar-refractivity contribution is -0.263. The molecule has 4 aromatic rings. The first-order chi connectivity index (χ1) is 29.0. The smallest absolute Gasteiger partial charge is 0.346 e. The van der Waals surface area contributed by atoms with E-state index in [1.165, 1.54) is 18.2 Å². The van der Waals surface area contributed by atoms with Crippen molar-refractivity contribution >= 4 is 23.5 Å². The zero-order valence-electron chi connectivity index (χ0n) is 32.8. The van der Waals surface area contributed by atoms with Gasteiger partial charge in [-0.2, -0.15) is 0 Å². The summed E-state index contributed by atoms with van der Waals surface area (Å²) in [5.41, 5.74) is 4.27. The fourth-order valence-corrected chi connectivity index (χ4v) is 7.28. The molecule has 1 unspecified atom stereocenters. The van der Waals surface area contributed by atoms with Crippen molar-refractivity contribution < 1.29 is 57.4 Å². The second kappa shape index (κ2) is 21.4. The van der Waals surface area contributed by atoms with Gasteiger partial charge in [0, 0.05) is 42.4 Å². The minimum atomic E-state index is -0.841. The van der Waals surface area contributed by atoms with Crippen LogP contribution in [0.15, 0.2) is 97.1 Å². The molecule has 59 heavy (non-hydrogen) atoms. The highest BCUT2D eigenvalue weighted by Gasteiger charge is 2.42. The SMILES string of the molecule is O=C(Nc1cccc(C2O[C@H](CN3CCOCCOCCOCCOCCOCC3)[C@@H](c3ccccc3)[C@H](c3ccc(CO)cc3)O2)c1)c1ccc2c(c1)C(=O)OC2=O. The Morgan fingerprint density at radius 2 is 1.24 bits per heavy atom. The Labute approximate surface area is 343 Å². The predicted molar refractivity (Wildman–Crippen MR) is 214 cm³/mol. The lowest BCUT2D eigenvalue weighted by Gasteiger charge is -2.44. The molecule has 0 aliphatic carbocycles. The van der Waals surface area contributed by atoms with E-state index in [-0.39, 0.29) is 29.2 Å². The summed E-state index contributed by atoms with van der Waals surface area (Å²) in [5, 5.41) is 12.7. The summed E-state index contributed by atoms with van der Waals surface area (Å²) in [5.74, 6) is -2.23. The molecule has 1 amide bonds. The van der Waals surface area contributed by atoms with Crippen molar-refractivity contribution in [1.29, 1.82) is 0 Å². The third kappa shape index (κ3) is 11.5. The molecule has 0 spiro atoms. The van der Waals surface area contributed by atoms with E-state index < -0.39 is 36.3 Å². The van der Waals surface area contributed by atoms with E-state index in [0.717, 1.165) is 16.7 Å². The number of nitrogens with one attached hydrogen (secondary N) is 1. The number of hydrogen-bond acceptors (Lipinski definition) is 13. The number of benzene rings is 4. The van der Waals surface area contributed by atoms with Crippen LogP contribution in [0.1, 0.15) is 71.6 Å². The number of aliphatic hydroxyl groups excluding tert-OH is 1. The number of carbonyl (C=O) groups is 3. The summed E-state index contributed by atoms with van der Waals surface area (Å²) in [7, 11) is 0. The Morgan fingerprint density at radius 3 is 1.88 bits per heavy atom. The number of hydrogen-bond donors (Lipinski definition) is 2. The lowest BCUT2D eigenvalue weighted by Crippen LogP contribution is -2.46. The molecule has 4 aromatic carbocycles. The molecule has 14 nitrogen and oxygen atoms in total. The maximum atomic E-state index is 13.4. The van der Waals surface area contributed by atoms with E-state index in [1.807, 2.05) is 54.6 Å². The van der Waals surface area contributed by atoms with E-state index in [2.05, 4.69) is 22.3 Å². The minimum absolute atomic E-state index is 0.0500. The summed E-state index contributed by atoms with van der Waals surface area (Å²) < 4.78 is 47.5. The van der Waals surface area contributed by atoms with Crippen LogP contribution in [0.5, 0.6) is 0 Å². The van der Waals surface area contributed by atoms with Crippen LogP contribution in [-0.4, -0.2) is 120 Å². The Bertz CT molecular complexity index is 1980. The monoisotopic (exact) mass is 810 g/mol. The Morgan fingerprint density at radius 1 is 0.627 bits per heavy atom. The van der Waals surface area contributed by atoms with Crippen molar-refractivity contribution in [3.05, 3.63) is 136 Å². The van der Waals surface area contributed by atoms with Gasteiger partial charge in [-0.1, -0.05) is 66.7 Å². The van der Waals surface area contributed by atoms with E-state index in [1.54, 1.807) is 12.1 Å². The molecule has 3 aliphatic rings. The molecule has 3 heterocycles. The number of anilines is 1. The van der Waals surface area contributed by atoms with Gasteiger partial charge in [-0.05, 0) is 47.0 Å². The molecule has 312 valence electrons. The van der Waals surface area contributed by atoms with Gasteiger partial charge in [0.1, 0.15) is 0 Å². The summed E-state index contributed by atoms with van der Waals surface area (Å²) in [6.07, 6.45) is -1.70. The number of amides is 1. The van der Waals surface area contributed by atoms with Crippen LogP contribution in [0.25, 0.3) is 0 Å². The fraction of sp³-hybridized carbons (Fsp3) is 0.400. The molecular weight excluding hydrogens is 760 g/mol. The summed E-state index contributed by atoms with van der Waals surface area (Å²) in [6.45, 7) is 6.38. The Kier molecular flexibility index (Phi) is 15.3. The standard InChI is InChI=1S/C45H50N2O12/c48-30-31-9-11-33(12-10-31)41-40(32-5-2-1-3-6-32)39(29-47-15-17-52-19-21-54-23-25-56-26-24-55-22-20-53-18-16-47)57-45(58-41)35-7-4-8-36(27-35)46-42(49)34-13-14-37-38(28-34)44(51)59-43(37)50/h1-14,27-28,39-41,45,48H,15-26,29-30H2,(H,46,49)/t39-,40-,41+,45?/m1/s1. The normalized spacial score (nSPS) is 23.1. The molecule has 0 saturated carbocycles. The number of cyclic esters (lactones) is 2. The van der Waals surface area contributed by atoms with Gasteiger partial charge in [0.05, 0.1) is 96.0 Å². The zero-order chi connectivity index (χ0) is 40.8. The first kappa shape index (κ1) is 42.3. The maximum Gasteiger partial charge on any atom is 0.346 e. The van der Waals surface area contributed by atoms with Crippen molar-refractivity contribution in [2.24, 2.45) is 0 Å². The topological polar surface area (TPSA) is 161 Å². The van der Waals surface area contributed by atoms with Crippen LogP contribution in [0.3, 0.4) is 0 Å². The predicted octanol–water partition coefficient (Wildman–Crippen LogP) is 5.08. The number of esters is 2. The van der Waals surface area contributed by atoms with E-state index in [4.69, 9.17) is 37.9 Å². The number of fused-ring (bicyclic) bond motifs is 1. The van der Waals surface area contributed by atoms with Crippen LogP contribution in [-0.2, 0) is 44.5 Å². The van der Waals surface area contributed by atoms with Crippen molar-refractivity contribution in [2.45, 2.75) is 31.0 Å². The highest BCUT2D eigenvalue weighted by molar-refractivity contribution is 6.16. The quantitative estimate of drug-likeness (QED) is 0.179. The minimum Gasteiger partial charge on any atom is -0.392 e. The van der Waals surface area contributed by atoms with Gasteiger partial charge in [-0.25, -0.2) is 9.59 Å². The van der Waals surface area contributed by atoms with Gasteiger partial charge in [0.25, 0.3) is 5.91 Å². The van der Waals surface area contributed by atoms with Gasteiger partial charge in [0.15, 0.2) is 6.29 Å². The van der Waals surface area contributed by atoms with Gasteiger partial charge < -0.3 is 48.3 Å². The van der Waals surface area contributed by atoms with Crippen molar-refractivity contribution in [1.82, 2.24) is 4.90 Å². The Balaban J connectivity index is 1.15. The molecule has 2 saturated heterocycles. The van der Waals surface area contributed by atoms with Crippen molar-refractivity contribution in [3.8, 4) is 0 Å². The number of rotatable bonds is 8. The number of ether oxygens (including phenoxy) is 8. The molecule has 4 atom stereocenters. The highest BCUT2D eigenvalue weighted by Crippen LogP contribution is 2.47. The maximum absolute atomic E-state index is 13.4. The van der Waals surface area contributed by atoms with Crippen LogP contribution in [0.4, 0.5) is 5.69 Å². The third-order valence-electron chi connectivity index (χ3n) is 10.3. The number of nitrogens with zero attached hydrogens (tertiary/aromatic N) is 1. The first-order valence-corrected chi connectivity index (χ1v) is 20.0. The summed E-state index contributed by atoms with van der Waals surface area (Å²) in [4.78, 5) is 39.8. The fourth-order valence-electron chi connectivity index (χ4n) is 7.28. The molecular formula is C45H50N2O12. The number of carbonyl (C=O) groups excluding carboxylic acids is 3. The molecule has 2 N–H and O–H groups in total. The van der Waals surface area contributed by atoms with E-state index in [9.17, 15) is 19.5 Å². The van der Waals surface area contributed by atoms with E-state index >= 15 is 0 Å². The highest BCUT2D eigenvalue weighted by atomic mass is 16.7. The second-order valence-corrected chi connectivity index (χ2v) is 14.3. The second-order valence-electron chi connectivity index (χ2n) is 14.3. The molecule has 0 bridgehead atoms. The van der Waals surface area contributed by atoms with Crippen molar-refractivity contribution in [2.75, 3.05) is 91.0 Å². The van der Waals surface area contributed by atoms with E-state index in [0.29, 0.717) is 97.0 Å². The number of aliphatic hydroxyl groups is 1.